The Morgan fingerprint density at radius 2 is 2.05 bits per heavy atom. The summed E-state index contributed by atoms with van der Waals surface area (Å²) in [7, 11) is 1.31. The zero-order valence-corrected chi connectivity index (χ0v) is 23.8. The lowest BCUT2D eigenvalue weighted by Crippen LogP contribution is -2.35. The van der Waals surface area contributed by atoms with Gasteiger partial charge in [0, 0.05) is 25.0 Å². The molecule has 1 aliphatic rings. The summed E-state index contributed by atoms with van der Waals surface area (Å²) in [4.78, 5) is 43.8. The molecule has 2 aromatic carbocycles. The van der Waals surface area contributed by atoms with Crippen LogP contribution >= 0.6 is 11.6 Å². The molecule has 3 heterocycles. The Labute approximate surface area is 245 Å². The van der Waals surface area contributed by atoms with E-state index in [1.54, 1.807) is 29.2 Å². The van der Waals surface area contributed by atoms with E-state index in [1.807, 2.05) is 6.92 Å². The lowest BCUT2D eigenvalue weighted by molar-refractivity contribution is -0.140. The smallest absolute Gasteiger partial charge is 0.305 e. The Bertz CT molecular complexity index is 1620. The van der Waals surface area contributed by atoms with Crippen LogP contribution in [0.2, 0.25) is 5.02 Å². The van der Waals surface area contributed by atoms with Crippen LogP contribution in [0.15, 0.2) is 57.7 Å². The van der Waals surface area contributed by atoms with Gasteiger partial charge in [-0.15, -0.1) is 0 Å². The molecule has 10 nitrogen and oxygen atoms in total. The predicted octanol–water partition coefficient (Wildman–Crippen LogP) is 5.49. The fraction of sp³-hybridized carbons (Fsp3) is 0.333. The largest absolute Gasteiger partial charge is 0.469 e. The lowest BCUT2D eigenvalue weighted by atomic mass is 10.1. The number of aryl methyl sites for hydroxylation is 1. The van der Waals surface area contributed by atoms with Crippen LogP contribution in [0.25, 0.3) is 11.0 Å². The van der Waals surface area contributed by atoms with E-state index in [-0.39, 0.29) is 58.5 Å². The Hall–Kier alpha value is -4.22. The molecule has 0 bridgehead atoms. The highest BCUT2D eigenvalue weighted by molar-refractivity contribution is 6.34. The van der Waals surface area contributed by atoms with Crippen molar-refractivity contribution in [1.29, 1.82) is 0 Å². The van der Waals surface area contributed by atoms with Crippen LogP contribution in [0.5, 0.6) is 0 Å². The van der Waals surface area contributed by atoms with Gasteiger partial charge < -0.3 is 28.5 Å². The molecule has 1 aliphatic heterocycles. The predicted molar refractivity (Wildman–Crippen MR) is 151 cm³/mol. The second-order valence-electron chi connectivity index (χ2n) is 9.76. The van der Waals surface area contributed by atoms with Gasteiger partial charge in [0.25, 0.3) is 5.91 Å². The van der Waals surface area contributed by atoms with Crippen LogP contribution in [0.4, 0.5) is 10.1 Å². The SMILES string of the molecule is CCO[C@H]1CCN(C(=O)Cc2cc(Cl)c(NC(=O)c3coc4ccccc34)cc2F)[C@@H]1c1ncc(CCC(=O)OC)o1. The van der Waals surface area contributed by atoms with Gasteiger partial charge in [0.05, 0.1) is 48.5 Å². The molecule has 12 heteroatoms. The van der Waals surface area contributed by atoms with E-state index < -0.39 is 17.8 Å². The van der Waals surface area contributed by atoms with Crippen molar-refractivity contribution in [2.24, 2.45) is 0 Å². The fourth-order valence-electron chi connectivity index (χ4n) is 5.05. The third-order valence-corrected chi connectivity index (χ3v) is 7.44. The number of amides is 2. The molecule has 0 unspecified atom stereocenters. The number of likely N-dealkylation sites (tertiary alicyclic amines) is 1. The zero-order valence-electron chi connectivity index (χ0n) is 23.0. The molecule has 0 aliphatic carbocycles. The average molecular weight is 598 g/mol. The molecule has 0 spiro atoms. The van der Waals surface area contributed by atoms with E-state index >= 15 is 4.39 Å². The average Bonchev–Trinajstić information content (AvgIpc) is 3.72. The summed E-state index contributed by atoms with van der Waals surface area (Å²) in [6, 6.07) is 8.85. The number of anilines is 1. The number of fused-ring (bicyclic) bond motifs is 1. The number of halogens is 2. The number of hydrogen-bond acceptors (Lipinski definition) is 8. The number of oxazole rings is 1. The quantitative estimate of drug-likeness (QED) is 0.238. The molecule has 220 valence electrons. The Morgan fingerprint density at radius 1 is 1.24 bits per heavy atom. The summed E-state index contributed by atoms with van der Waals surface area (Å²) in [5.74, 6) is -1.19. The van der Waals surface area contributed by atoms with E-state index in [4.69, 9.17) is 25.2 Å². The van der Waals surface area contributed by atoms with E-state index in [9.17, 15) is 14.4 Å². The Balaban J connectivity index is 1.30. The third-order valence-electron chi connectivity index (χ3n) is 7.12. The number of aromatic nitrogens is 1. The van der Waals surface area contributed by atoms with Gasteiger partial charge in [0.1, 0.15) is 29.5 Å². The minimum Gasteiger partial charge on any atom is -0.469 e. The van der Waals surface area contributed by atoms with Gasteiger partial charge in [0.2, 0.25) is 11.8 Å². The van der Waals surface area contributed by atoms with Crippen LogP contribution in [0, 0.1) is 5.82 Å². The molecular weight excluding hydrogens is 569 g/mol. The monoisotopic (exact) mass is 597 g/mol. The fourth-order valence-corrected chi connectivity index (χ4v) is 5.29. The molecule has 1 fully saturated rings. The lowest BCUT2D eigenvalue weighted by Gasteiger charge is -2.26. The number of nitrogens with zero attached hydrogens (tertiary/aromatic N) is 2. The molecule has 1 saturated heterocycles. The minimum absolute atomic E-state index is 0.0652. The first-order chi connectivity index (χ1) is 20.3. The van der Waals surface area contributed by atoms with Gasteiger partial charge in [-0.25, -0.2) is 9.37 Å². The van der Waals surface area contributed by atoms with Gasteiger partial charge in [-0.05, 0) is 37.1 Å². The second kappa shape index (κ2) is 12.7. The van der Waals surface area contributed by atoms with Gasteiger partial charge in [-0.2, -0.15) is 0 Å². The summed E-state index contributed by atoms with van der Waals surface area (Å²) in [6.45, 7) is 2.63. The van der Waals surface area contributed by atoms with Crippen LogP contribution in [-0.2, 0) is 31.9 Å². The number of hydrogen-bond donors (Lipinski definition) is 1. The van der Waals surface area contributed by atoms with Crippen molar-refractivity contribution in [1.82, 2.24) is 9.88 Å². The van der Waals surface area contributed by atoms with E-state index in [0.29, 0.717) is 42.7 Å². The van der Waals surface area contributed by atoms with Gasteiger partial charge in [-0.1, -0.05) is 29.8 Å². The first-order valence-electron chi connectivity index (χ1n) is 13.5. The summed E-state index contributed by atoms with van der Waals surface area (Å²) in [6.07, 6.45) is 3.16. The number of methoxy groups -OCH3 is 1. The van der Waals surface area contributed by atoms with Crippen LogP contribution in [0.3, 0.4) is 0 Å². The number of nitrogens with one attached hydrogen (secondary N) is 1. The molecule has 42 heavy (non-hydrogen) atoms. The molecular formula is C30H29ClFN3O7. The maximum atomic E-state index is 15.2. The third kappa shape index (κ3) is 6.17. The van der Waals surface area contributed by atoms with Crippen molar-refractivity contribution >= 4 is 46.0 Å². The summed E-state index contributed by atoms with van der Waals surface area (Å²) < 4.78 is 37.1. The highest BCUT2D eigenvalue weighted by Crippen LogP contribution is 2.36. The zero-order chi connectivity index (χ0) is 29.8. The van der Waals surface area contributed by atoms with E-state index in [0.717, 1.165) is 6.07 Å². The van der Waals surface area contributed by atoms with Crippen molar-refractivity contribution in [2.75, 3.05) is 25.6 Å². The molecule has 0 radical (unpaired) electrons. The van der Waals surface area contributed by atoms with Gasteiger partial charge in [0.15, 0.2) is 0 Å². The summed E-state index contributed by atoms with van der Waals surface area (Å²) >= 11 is 6.41. The van der Waals surface area contributed by atoms with Crippen molar-refractivity contribution < 1.29 is 37.1 Å². The first-order valence-corrected chi connectivity index (χ1v) is 13.8. The Kier molecular flexibility index (Phi) is 8.89. The molecule has 2 aromatic heterocycles. The molecule has 4 aromatic rings. The molecule has 0 saturated carbocycles. The van der Waals surface area contributed by atoms with Crippen molar-refractivity contribution in [3.8, 4) is 0 Å². The van der Waals surface area contributed by atoms with Gasteiger partial charge in [-0.3, -0.25) is 14.4 Å². The van der Waals surface area contributed by atoms with Crippen molar-refractivity contribution in [2.45, 2.75) is 44.8 Å². The van der Waals surface area contributed by atoms with Crippen molar-refractivity contribution in [3.63, 3.8) is 0 Å². The molecule has 2 amide bonds. The number of carbonyl (C=O) groups excluding carboxylic acids is 3. The number of para-hydroxylation sites is 1. The maximum Gasteiger partial charge on any atom is 0.305 e. The number of carbonyl (C=O) groups is 3. The normalized spacial score (nSPS) is 16.6. The first kappa shape index (κ1) is 29.3. The number of esters is 1. The number of furan rings is 1. The van der Waals surface area contributed by atoms with E-state index in [1.165, 1.54) is 25.6 Å². The maximum absolute atomic E-state index is 15.2. The standard InChI is InChI=1S/C30H29ClFN3O7/c1-3-40-25-10-11-35(28(25)30-33-15-18(42-30)8-9-27(37)39-2)26(36)13-17-12-21(31)23(14-22(17)32)34-29(38)20-16-41-24-7-5-4-6-19(20)24/h4-7,12,14-16,25,28H,3,8-11,13H2,1-2H3,(H,34,38)/t25-,28-/m0/s1. The second-order valence-corrected chi connectivity index (χ2v) is 10.2. The topological polar surface area (TPSA) is 124 Å². The van der Waals surface area contributed by atoms with Crippen LogP contribution < -0.4 is 5.32 Å². The number of benzene rings is 2. The summed E-state index contributed by atoms with van der Waals surface area (Å²) in [5, 5.41) is 3.31. The minimum atomic E-state index is -0.696. The molecule has 2 atom stereocenters. The number of rotatable bonds is 10. The highest BCUT2D eigenvalue weighted by Gasteiger charge is 2.41. The molecule has 5 rings (SSSR count). The highest BCUT2D eigenvalue weighted by atomic mass is 35.5. The molecule has 1 N–H and O–H groups in total. The summed E-state index contributed by atoms with van der Waals surface area (Å²) in [5.41, 5.74) is 0.963. The van der Waals surface area contributed by atoms with Crippen molar-refractivity contribution in [3.05, 3.63) is 82.5 Å². The van der Waals surface area contributed by atoms with Crippen LogP contribution in [0.1, 0.15) is 53.4 Å². The van der Waals surface area contributed by atoms with E-state index in [2.05, 4.69) is 15.0 Å². The van der Waals surface area contributed by atoms with Gasteiger partial charge >= 0.3 is 5.97 Å². The number of ether oxygens (including phenoxy) is 2. The van der Waals surface area contributed by atoms with Crippen LogP contribution in [-0.4, -0.2) is 54.0 Å². The Morgan fingerprint density at radius 3 is 2.83 bits per heavy atom.